The summed E-state index contributed by atoms with van der Waals surface area (Å²) in [6.07, 6.45) is 4.35. The van der Waals surface area contributed by atoms with Crippen LogP contribution in [0.5, 0.6) is 0 Å². The van der Waals surface area contributed by atoms with Crippen molar-refractivity contribution in [3.05, 3.63) is 46.5 Å². The first kappa shape index (κ1) is 13.8. The molecule has 21 heavy (non-hydrogen) atoms. The van der Waals surface area contributed by atoms with Gasteiger partial charge in [0.2, 0.25) is 5.91 Å². The van der Waals surface area contributed by atoms with Gasteiger partial charge in [-0.2, -0.15) is 0 Å². The van der Waals surface area contributed by atoms with E-state index in [-0.39, 0.29) is 11.5 Å². The predicted molar refractivity (Wildman–Crippen MR) is 79.0 cm³/mol. The first-order valence-corrected chi connectivity index (χ1v) is 7.20. The number of carbonyl (C=O) groups excluding carboxylic acids is 1. The minimum absolute atomic E-state index is 0.0801. The molecule has 1 fully saturated rings. The summed E-state index contributed by atoms with van der Waals surface area (Å²) in [4.78, 5) is 27.8. The Kier molecular flexibility index (Phi) is 3.96. The molecule has 2 heterocycles. The Morgan fingerprint density at radius 1 is 1.38 bits per heavy atom. The average Bonchev–Trinajstić information content (AvgIpc) is 3.28. The van der Waals surface area contributed by atoms with Crippen LogP contribution in [0.15, 0.2) is 35.3 Å². The van der Waals surface area contributed by atoms with Gasteiger partial charge in [-0.15, -0.1) is 0 Å². The normalized spacial score (nSPS) is 14.3. The molecule has 0 unspecified atom stereocenters. The van der Waals surface area contributed by atoms with Gasteiger partial charge in [0.1, 0.15) is 5.65 Å². The number of rotatable bonds is 6. The van der Waals surface area contributed by atoms with Crippen LogP contribution in [0.4, 0.5) is 0 Å². The second-order valence-electron chi connectivity index (χ2n) is 5.28. The lowest BCUT2D eigenvalue weighted by molar-refractivity contribution is -0.121. The van der Waals surface area contributed by atoms with Gasteiger partial charge in [-0.1, -0.05) is 6.07 Å². The zero-order valence-corrected chi connectivity index (χ0v) is 11.7. The zero-order chi connectivity index (χ0) is 14.7. The smallest absolute Gasteiger partial charge is 0.258 e. The summed E-state index contributed by atoms with van der Waals surface area (Å²) in [5.74, 6) is 0.0801. The molecule has 0 aromatic carbocycles. The number of nitrogens with zero attached hydrogens (tertiary/aromatic N) is 2. The molecule has 0 bridgehead atoms. The van der Waals surface area contributed by atoms with Crippen molar-refractivity contribution in [2.45, 2.75) is 31.8 Å². The lowest BCUT2D eigenvalue weighted by Crippen LogP contribution is -2.29. The lowest BCUT2D eigenvalue weighted by Gasteiger charge is -2.06. The SMILES string of the molecule is O=C(CCNCc1cc(=O)n2ccccc2n1)NC1CC1. The van der Waals surface area contributed by atoms with Crippen molar-refractivity contribution < 1.29 is 4.79 Å². The van der Waals surface area contributed by atoms with E-state index >= 15 is 0 Å². The molecule has 1 aliphatic rings. The standard InChI is InChI=1S/C15H18N4O2/c20-14(18-11-4-5-11)6-7-16-10-12-9-15(21)19-8-2-1-3-13(19)17-12/h1-3,8-9,11,16H,4-7,10H2,(H,18,20). The van der Waals surface area contributed by atoms with Gasteiger partial charge in [0, 0.05) is 37.8 Å². The Bertz CT molecular complexity index is 706. The molecular formula is C15H18N4O2. The molecule has 0 radical (unpaired) electrons. The number of aromatic nitrogens is 2. The van der Waals surface area contributed by atoms with E-state index in [1.54, 1.807) is 18.3 Å². The molecule has 0 aliphatic heterocycles. The monoisotopic (exact) mass is 286 g/mol. The van der Waals surface area contributed by atoms with Crippen molar-refractivity contribution >= 4 is 11.6 Å². The Morgan fingerprint density at radius 2 is 2.24 bits per heavy atom. The minimum atomic E-state index is -0.0936. The maximum atomic E-state index is 11.9. The highest BCUT2D eigenvalue weighted by Crippen LogP contribution is 2.18. The van der Waals surface area contributed by atoms with E-state index in [1.807, 2.05) is 6.07 Å². The van der Waals surface area contributed by atoms with Crippen molar-refractivity contribution in [3.8, 4) is 0 Å². The van der Waals surface area contributed by atoms with Crippen LogP contribution >= 0.6 is 0 Å². The summed E-state index contributed by atoms with van der Waals surface area (Å²) in [5, 5.41) is 6.08. The second-order valence-corrected chi connectivity index (χ2v) is 5.28. The van der Waals surface area contributed by atoms with Gasteiger partial charge in [-0.05, 0) is 25.0 Å². The summed E-state index contributed by atoms with van der Waals surface area (Å²) >= 11 is 0. The molecule has 1 saturated carbocycles. The van der Waals surface area contributed by atoms with Gasteiger partial charge >= 0.3 is 0 Å². The molecule has 3 rings (SSSR count). The van der Waals surface area contributed by atoms with E-state index in [4.69, 9.17) is 0 Å². The Hall–Kier alpha value is -2.21. The van der Waals surface area contributed by atoms with E-state index < -0.39 is 0 Å². The van der Waals surface area contributed by atoms with E-state index in [2.05, 4.69) is 15.6 Å². The van der Waals surface area contributed by atoms with Crippen LogP contribution in [0, 0.1) is 0 Å². The Morgan fingerprint density at radius 3 is 3.05 bits per heavy atom. The number of pyridine rings is 1. The van der Waals surface area contributed by atoms with Crippen LogP contribution in [-0.4, -0.2) is 27.9 Å². The van der Waals surface area contributed by atoms with Gasteiger partial charge in [-0.3, -0.25) is 14.0 Å². The van der Waals surface area contributed by atoms with Crippen LogP contribution < -0.4 is 16.2 Å². The van der Waals surface area contributed by atoms with Crippen molar-refractivity contribution in [3.63, 3.8) is 0 Å². The molecule has 2 N–H and O–H groups in total. The molecule has 1 aliphatic carbocycles. The fraction of sp³-hybridized carbons (Fsp3) is 0.400. The average molecular weight is 286 g/mol. The van der Waals surface area contributed by atoms with E-state index in [0.717, 1.165) is 12.8 Å². The number of hydrogen-bond donors (Lipinski definition) is 2. The molecular weight excluding hydrogens is 268 g/mol. The zero-order valence-electron chi connectivity index (χ0n) is 11.7. The third-order valence-corrected chi connectivity index (χ3v) is 3.40. The quantitative estimate of drug-likeness (QED) is 0.756. The van der Waals surface area contributed by atoms with Crippen LogP contribution in [0.2, 0.25) is 0 Å². The van der Waals surface area contributed by atoms with Crippen LogP contribution in [0.1, 0.15) is 25.0 Å². The number of hydrogen-bond acceptors (Lipinski definition) is 4. The molecule has 0 spiro atoms. The summed E-state index contributed by atoms with van der Waals surface area (Å²) in [6, 6.07) is 7.37. The first-order chi connectivity index (χ1) is 10.2. The molecule has 6 heteroatoms. The van der Waals surface area contributed by atoms with Crippen LogP contribution in [0.25, 0.3) is 5.65 Å². The van der Waals surface area contributed by atoms with Crippen LogP contribution in [0.3, 0.4) is 0 Å². The highest BCUT2D eigenvalue weighted by atomic mass is 16.1. The van der Waals surface area contributed by atoms with Crippen molar-refractivity contribution in [1.29, 1.82) is 0 Å². The Labute approximate surface area is 122 Å². The molecule has 1 amide bonds. The topological polar surface area (TPSA) is 75.5 Å². The minimum Gasteiger partial charge on any atom is -0.353 e. The maximum absolute atomic E-state index is 11.9. The summed E-state index contributed by atoms with van der Waals surface area (Å²) in [5.41, 5.74) is 1.23. The van der Waals surface area contributed by atoms with Gasteiger partial charge in [0.05, 0.1) is 5.69 Å². The van der Waals surface area contributed by atoms with E-state index in [1.165, 1.54) is 10.5 Å². The highest BCUT2D eigenvalue weighted by Gasteiger charge is 2.22. The van der Waals surface area contributed by atoms with Crippen molar-refractivity contribution in [2.75, 3.05) is 6.54 Å². The largest absolute Gasteiger partial charge is 0.353 e. The van der Waals surface area contributed by atoms with Gasteiger partial charge in [-0.25, -0.2) is 4.98 Å². The summed E-state index contributed by atoms with van der Waals surface area (Å²) in [6.45, 7) is 1.06. The summed E-state index contributed by atoms with van der Waals surface area (Å²) < 4.78 is 1.51. The van der Waals surface area contributed by atoms with E-state index in [9.17, 15) is 9.59 Å². The number of amides is 1. The lowest BCUT2D eigenvalue weighted by atomic mass is 10.3. The van der Waals surface area contributed by atoms with Crippen molar-refractivity contribution in [1.82, 2.24) is 20.0 Å². The van der Waals surface area contributed by atoms with E-state index in [0.29, 0.717) is 36.9 Å². The van der Waals surface area contributed by atoms with Crippen molar-refractivity contribution in [2.24, 2.45) is 0 Å². The molecule has 2 aromatic heterocycles. The molecule has 0 saturated heterocycles. The predicted octanol–water partition coefficient (Wildman–Crippen LogP) is 0.453. The third kappa shape index (κ3) is 3.66. The molecule has 0 atom stereocenters. The molecule has 2 aromatic rings. The third-order valence-electron chi connectivity index (χ3n) is 3.40. The van der Waals surface area contributed by atoms with Crippen LogP contribution in [-0.2, 0) is 11.3 Å². The molecule has 110 valence electrons. The number of carbonyl (C=O) groups is 1. The summed E-state index contributed by atoms with van der Waals surface area (Å²) in [7, 11) is 0. The van der Waals surface area contributed by atoms with Gasteiger partial charge in [0.15, 0.2) is 0 Å². The Balaban J connectivity index is 1.53. The fourth-order valence-corrected chi connectivity index (χ4v) is 2.14. The van der Waals surface area contributed by atoms with Gasteiger partial charge in [0.25, 0.3) is 5.56 Å². The first-order valence-electron chi connectivity index (χ1n) is 7.20. The highest BCUT2D eigenvalue weighted by molar-refractivity contribution is 5.76. The number of nitrogens with one attached hydrogen (secondary N) is 2. The molecule has 6 nitrogen and oxygen atoms in total. The second kappa shape index (κ2) is 6.05. The number of fused-ring (bicyclic) bond motifs is 1. The fourth-order valence-electron chi connectivity index (χ4n) is 2.14. The maximum Gasteiger partial charge on any atom is 0.258 e. The van der Waals surface area contributed by atoms with Gasteiger partial charge < -0.3 is 10.6 Å².